The summed E-state index contributed by atoms with van der Waals surface area (Å²) in [6.07, 6.45) is -14.4. The van der Waals surface area contributed by atoms with E-state index >= 15 is 0 Å². The quantitative estimate of drug-likeness (QED) is 0.251. The summed E-state index contributed by atoms with van der Waals surface area (Å²) in [4.78, 5) is 0. The van der Waals surface area contributed by atoms with Gasteiger partial charge in [0, 0.05) is 7.11 Å². The molecule has 0 aromatic heterocycles. The van der Waals surface area contributed by atoms with Crippen LogP contribution in [0.5, 0.6) is 0 Å². The average molecular weight is 356 g/mol. The van der Waals surface area contributed by atoms with Gasteiger partial charge in [0.25, 0.3) is 0 Å². The molecule has 0 aromatic rings. The molecular weight excluding hydrogens is 332 g/mol. The molecule has 10 atom stereocenters. The molecule has 24 heavy (non-hydrogen) atoms. The third-order valence-corrected chi connectivity index (χ3v) is 4.19. The Morgan fingerprint density at radius 1 is 0.708 bits per heavy atom. The number of hydrogen-bond donors (Lipinski definition) is 7. The van der Waals surface area contributed by atoms with Gasteiger partial charge in [-0.3, -0.25) is 0 Å². The van der Waals surface area contributed by atoms with Crippen LogP contribution in [-0.4, -0.2) is 117 Å². The summed E-state index contributed by atoms with van der Waals surface area (Å²) in [7, 11) is 1.24. The van der Waals surface area contributed by atoms with E-state index in [4.69, 9.17) is 24.1 Å². The van der Waals surface area contributed by atoms with Crippen LogP contribution in [0.15, 0.2) is 0 Å². The number of rotatable bonds is 5. The molecule has 0 spiro atoms. The SMILES string of the molecule is CO[C@H]1O[C@H](CO)[C@@H](O)[C@H](O[C@H]2O[C@H](CO)[C@H](O)[C@H](O)[C@H]2O)[C@@H]1O. The minimum atomic E-state index is -1.70. The van der Waals surface area contributed by atoms with Crippen molar-refractivity contribution >= 4 is 0 Å². The summed E-state index contributed by atoms with van der Waals surface area (Å²) >= 11 is 0. The van der Waals surface area contributed by atoms with E-state index in [0.717, 1.165) is 0 Å². The molecule has 7 N–H and O–H groups in total. The van der Waals surface area contributed by atoms with Gasteiger partial charge in [-0.05, 0) is 0 Å². The van der Waals surface area contributed by atoms with Gasteiger partial charge in [0.05, 0.1) is 13.2 Å². The number of aliphatic hydroxyl groups is 7. The van der Waals surface area contributed by atoms with E-state index in [1.54, 1.807) is 0 Å². The van der Waals surface area contributed by atoms with E-state index in [1.165, 1.54) is 7.11 Å². The van der Waals surface area contributed by atoms with Gasteiger partial charge in [-0.15, -0.1) is 0 Å². The van der Waals surface area contributed by atoms with Crippen LogP contribution < -0.4 is 0 Å². The number of hydrogen-bond acceptors (Lipinski definition) is 11. The van der Waals surface area contributed by atoms with Gasteiger partial charge in [0.2, 0.25) is 0 Å². The van der Waals surface area contributed by atoms with E-state index in [0.29, 0.717) is 0 Å². The predicted molar refractivity (Wildman–Crippen MR) is 73.4 cm³/mol. The van der Waals surface area contributed by atoms with Crippen LogP contribution in [0.3, 0.4) is 0 Å². The number of methoxy groups -OCH3 is 1. The highest BCUT2D eigenvalue weighted by atomic mass is 16.7. The van der Waals surface area contributed by atoms with Gasteiger partial charge in [-0.25, -0.2) is 0 Å². The molecule has 142 valence electrons. The van der Waals surface area contributed by atoms with E-state index in [1.807, 2.05) is 0 Å². The number of aliphatic hydroxyl groups excluding tert-OH is 7. The summed E-state index contributed by atoms with van der Waals surface area (Å²) < 4.78 is 20.6. The molecule has 2 aliphatic rings. The summed E-state index contributed by atoms with van der Waals surface area (Å²) in [5.74, 6) is 0. The topological polar surface area (TPSA) is 179 Å². The van der Waals surface area contributed by atoms with Gasteiger partial charge >= 0.3 is 0 Å². The maximum Gasteiger partial charge on any atom is 0.187 e. The number of ether oxygens (including phenoxy) is 4. The smallest absolute Gasteiger partial charge is 0.187 e. The van der Waals surface area contributed by atoms with Crippen molar-refractivity contribution in [2.45, 2.75) is 61.4 Å². The first kappa shape index (κ1) is 19.9. The molecule has 11 nitrogen and oxygen atoms in total. The molecule has 2 fully saturated rings. The van der Waals surface area contributed by atoms with Gasteiger partial charge in [0.15, 0.2) is 12.6 Å². The zero-order chi connectivity index (χ0) is 18.0. The van der Waals surface area contributed by atoms with Gasteiger partial charge < -0.3 is 54.7 Å². The fourth-order valence-corrected chi connectivity index (χ4v) is 2.74. The molecule has 0 aliphatic carbocycles. The van der Waals surface area contributed by atoms with E-state index < -0.39 is 74.6 Å². The van der Waals surface area contributed by atoms with Crippen molar-refractivity contribution in [3.8, 4) is 0 Å². The third kappa shape index (κ3) is 3.71. The molecular formula is C13H24O11. The van der Waals surface area contributed by atoms with Gasteiger partial charge in [-0.2, -0.15) is 0 Å². The van der Waals surface area contributed by atoms with Gasteiger partial charge in [0.1, 0.15) is 48.8 Å². The Balaban J connectivity index is 2.14. The van der Waals surface area contributed by atoms with Crippen molar-refractivity contribution in [2.24, 2.45) is 0 Å². The molecule has 0 amide bonds. The van der Waals surface area contributed by atoms with E-state index in [-0.39, 0.29) is 0 Å². The van der Waals surface area contributed by atoms with Crippen LogP contribution in [0.2, 0.25) is 0 Å². The zero-order valence-electron chi connectivity index (χ0n) is 13.0. The molecule has 0 bridgehead atoms. The van der Waals surface area contributed by atoms with Crippen LogP contribution in [0.4, 0.5) is 0 Å². The van der Waals surface area contributed by atoms with E-state index in [2.05, 4.69) is 0 Å². The zero-order valence-corrected chi connectivity index (χ0v) is 13.0. The maximum atomic E-state index is 10.2. The first-order valence-corrected chi connectivity index (χ1v) is 7.46. The highest BCUT2D eigenvalue weighted by Gasteiger charge is 2.50. The monoisotopic (exact) mass is 356 g/mol. The Bertz CT molecular complexity index is 378. The lowest BCUT2D eigenvalue weighted by Crippen LogP contribution is -2.64. The van der Waals surface area contributed by atoms with Crippen molar-refractivity contribution in [3.05, 3.63) is 0 Å². The molecule has 0 radical (unpaired) electrons. The molecule has 11 heteroatoms. The van der Waals surface area contributed by atoms with Crippen LogP contribution in [0.25, 0.3) is 0 Å². The predicted octanol–water partition coefficient (Wildman–Crippen LogP) is -4.74. The van der Waals surface area contributed by atoms with Crippen LogP contribution in [-0.2, 0) is 18.9 Å². The Morgan fingerprint density at radius 3 is 1.79 bits per heavy atom. The Labute approximate surface area is 137 Å². The molecule has 2 saturated heterocycles. The van der Waals surface area contributed by atoms with Crippen molar-refractivity contribution < 1.29 is 54.7 Å². The minimum absolute atomic E-state index is 0.581. The maximum absolute atomic E-state index is 10.2. The minimum Gasteiger partial charge on any atom is -0.394 e. The summed E-state index contributed by atoms with van der Waals surface area (Å²) in [6.45, 7) is -1.23. The second kappa shape index (κ2) is 8.29. The van der Waals surface area contributed by atoms with Crippen molar-refractivity contribution in [3.63, 3.8) is 0 Å². The normalized spacial score (nSPS) is 50.0. The highest BCUT2D eigenvalue weighted by molar-refractivity contribution is 4.93. The highest BCUT2D eigenvalue weighted by Crippen LogP contribution is 2.29. The molecule has 2 heterocycles. The van der Waals surface area contributed by atoms with Crippen LogP contribution in [0, 0.1) is 0 Å². The molecule has 0 aromatic carbocycles. The molecule has 2 aliphatic heterocycles. The van der Waals surface area contributed by atoms with Crippen molar-refractivity contribution in [1.82, 2.24) is 0 Å². The Hall–Kier alpha value is -0.440. The van der Waals surface area contributed by atoms with Crippen molar-refractivity contribution in [2.75, 3.05) is 20.3 Å². The van der Waals surface area contributed by atoms with Crippen molar-refractivity contribution in [1.29, 1.82) is 0 Å². The molecule has 0 saturated carbocycles. The second-order valence-electron chi connectivity index (χ2n) is 5.74. The lowest BCUT2D eigenvalue weighted by molar-refractivity contribution is -0.358. The largest absolute Gasteiger partial charge is 0.394 e. The first-order chi connectivity index (χ1) is 11.3. The van der Waals surface area contributed by atoms with Gasteiger partial charge in [-0.1, -0.05) is 0 Å². The molecule has 0 unspecified atom stereocenters. The summed E-state index contributed by atoms with van der Waals surface area (Å²) in [5, 5.41) is 68.1. The fraction of sp³-hybridized carbons (Fsp3) is 1.00. The lowest BCUT2D eigenvalue weighted by Gasteiger charge is -2.45. The Kier molecular flexibility index (Phi) is 6.87. The lowest BCUT2D eigenvalue weighted by atomic mass is 9.97. The van der Waals surface area contributed by atoms with E-state index in [9.17, 15) is 30.6 Å². The summed E-state index contributed by atoms with van der Waals surface area (Å²) in [5.41, 5.74) is 0. The fourth-order valence-electron chi connectivity index (χ4n) is 2.74. The van der Waals surface area contributed by atoms with Crippen LogP contribution >= 0.6 is 0 Å². The molecule has 2 rings (SSSR count). The standard InChI is InChI=1S/C13H24O11/c1-21-12-10(20)11(7(17)5(3-15)22-12)24-13-9(19)8(18)6(16)4(2-14)23-13/h4-20H,2-3H2,1H3/t4-,5-,6+,7-,8+,9-,10+,11+,12+,13-/m1/s1. The third-order valence-electron chi connectivity index (χ3n) is 4.19. The first-order valence-electron chi connectivity index (χ1n) is 7.46. The Morgan fingerprint density at radius 2 is 1.25 bits per heavy atom. The average Bonchev–Trinajstić information content (AvgIpc) is 2.58. The second-order valence-corrected chi connectivity index (χ2v) is 5.74. The summed E-state index contributed by atoms with van der Waals surface area (Å²) in [6, 6.07) is 0. The van der Waals surface area contributed by atoms with Crippen LogP contribution in [0.1, 0.15) is 0 Å².